The first kappa shape index (κ1) is 21.6. The number of aromatic nitrogens is 1. The molecule has 0 unspecified atom stereocenters. The molecular weight excluding hydrogens is 382 g/mol. The predicted octanol–water partition coefficient (Wildman–Crippen LogP) is 4.11. The summed E-state index contributed by atoms with van der Waals surface area (Å²) in [4.78, 5) is 28.7. The van der Waals surface area contributed by atoms with Crippen molar-refractivity contribution < 1.29 is 19.1 Å². The number of amides is 2. The Morgan fingerprint density at radius 3 is 2.70 bits per heavy atom. The second-order valence-corrected chi connectivity index (χ2v) is 8.34. The van der Waals surface area contributed by atoms with Gasteiger partial charge in [-0.1, -0.05) is 6.07 Å². The third-order valence-electron chi connectivity index (χ3n) is 4.70. The van der Waals surface area contributed by atoms with E-state index in [0.29, 0.717) is 18.1 Å². The molecular formula is C23H29N3O4. The van der Waals surface area contributed by atoms with Crippen LogP contribution in [0, 0.1) is 0 Å². The quantitative estimate of drug-likeness (QED) is 0.773. The van der Waals surface area contributed by atoms with Crippen molar-refractivity contribution in [2.24, 2.45) is 0 Å². The number of hydrogen-bond acceptors (Lipinski definition) is 5. The van der Waals surface area contributed by atoms with Crippen LogP contribution < -0.4 is 15.4 Å². The molecule has 0 saturated carbocycles. The molecule has 0 fully saturated rings. The number of fused-ring (bicyclic) bond motifs is 1. The van der Waals surface area contributed by atoms with Crippen molar-refractivity contribution in [3.05, 3.63) is 53.2 Å². The van der Waals surface area contributed by atoms with Crippen molar-refractivity contribution in [1.29, 1.82) is 0 Å². The average molecular weight is 412 g/mol. The van der Waals surface area contributed by atoms with Crippen molar-refractivity contribution in [2.45, 2.75) is 58.6 Å². The Balaban J connectivity index is 1.61. The summed E-state index contributed by atoms with van der Waals surface area (Å²) in [5, 5.41) is 5.89. The minimum atomic E-state index is -0.512. The maximum Gasteiger partial charge on any atom is 0.407 e. The number of ether oxygens (including phenoxy) is 2. The molecule has 2 aromatic rings. The highest BCUT2D eigenvalue weighted by molar-refractivity contribution is 6.04. The van der Waals surface area contributed by atoms with Crippen LogP contribution in [0.2, 0.25) is 0 Å². The Bertz CT molecular complexity index is 921. The van der Waals surface area contributed by atoms with Crippen molar-refractivity contribution in [3.63, 3.8) is 0 Å². The lowest BCUT2D eigenvalue weighted by Gasteiger charge is -2.27. The van der Waals surface area contributed by atoms with Crippen LogP contribution in [-0.2, 0) is 17.6 Å². The average Bonchev–Trinajstić information content (AvgIpc) is 2.67. The van der Waals surface area contributed by atoms with E-state index < -0.39 is 5.60 Å². The van der Waals surface area contributed by atoms with Gasteiger partial charge in [0.2, 0.25) is 5.88 Å². The Morgan fingerprint density at radius 1 is 1.17 bits per heavy atom. The van der Waals surface area contributed by atoms with Gasteiger partial charge >= 0.3 is 6.09 Å². The third-order valence-corrected chi connectivity index (χ3v) is 4.70. The van der Waals surface area contributed by atoms with Crippen LogP contribution in [0.3, 0.4) is 0 Å². The summed E-state index contributed by atoms with van der Waals surface area (Å²) in [6, 6.07) is 9.22. The first-order valence-electron chi connectivity index (χ1n) is 10.2. The van der Waals surface area contributed by atoms with Gasteiger partial charge in [0, 0.05) is 29.6 Å². The van der Waals surface area contributed by atoms with Gasteiger partial charge in [0.05, 0.1) is 6.61 Å². The molecule has 1 atom stereocenters. The van der Waals surface area contributed by atoms with E-state index in [2.05, 4.69) is 15.6 Å². The Morgan fingerprint density at radius 2 is 1.97 bits per heavy atom. The molecule has 160 valence electrons. The van der Waals surface area contributed by atoms with Crippen molar-refractivity contribution in [3.8, 4) is 5.88 Å². The van der Waals surface area contributed by atoms with E-state index in [1.54, 1.807) is 18.3 Å². The lowest BCUT2D eigenvalue weighted by molar-refractivity contribution is 0.0500. The molecule has 0 bridgehead atoms. The van der Waals surface area contributed by atoms with E-state index >= 15 is 0 Å². The van der Waals surface area contributed by atoms with Gasteiger partial charge in [0.25, 0.3) is 5.91 Å². The van der Waals surface area contributed by atoms with Crippen LogP contribution in [0.15, 0.2) is 36.5 Å². The van der Waals surface area contributed by atoms with Crippen molar-refractivity contribution >= 4 is 17.7 Å². The lowest BCUT2D eigenvalue weighted by atomic mass is 9.88. The molecule has 7 nitrogen and oxygen atoms in total. The summed E-state index contributed by atoms with van der Waals surface area (Å²) in [5.74, 6) is 0.220. The lowest BCUT2D eigenvalue weighted by Crippen LogP contribution is -2.41. The fourth-order valence-electron chi connectivity index (χ4n) is 3.41. The molecule has 7 heteroatoms. The molecule has 2 amide bonds. The zero-order valence-electron chi connectivity index (χ0n) is 18.0. The molecule has 1 aromatic carbocycles. The van der Waals surface area contributed by atoms with Gasteiger partial charge in [-0.2, -0.15) is 0 Å². The van der Waals surface area contributed by atoms with Crippen LogP contribution in [0.25, 0.3) is 0 Å². The number of pyridine rings is 1. The number of carbonyl (C=O) groups is 2. The van der Waals surface area contributed by atoms with E-state index in [-0.39, 0.29) is 18.0 Å². The molecule has 1 aliphatic carbocycles. The van der Waals surface area contributed by atoms with Crippen LogP contribution in [0.1, 0.15) is 55.6 Å². The van der Waals surface area contributed by atoms with Crippen LogP contribution in [0.4, 0.5) is 10.5 Å². The Hall–Kier alpha value is -3.09. The number of aryl methyl sites for hydroxylation is 1. The molecule has 1 heterocycles. The number of carbonyl (C=O) groups excluding carboxylic acids is 2. The predicted molar refractivity (Wildman–Crippen MR) is 115 cm³/mol. The van der Waals surface area contributed by atoms with Crippen LogP contribution >= 0.6 is 0 Å². The number of anilines is 1. The summed E-state index contributed by atoms with van der Waals surface area (Å²) in [7, 11) is 0. The molecule has 1 aromatic heterocycles. The maximum absolute atomic E-state index is 12.6. The molecule has 2 N–H and O–H groups in total. The Labute approximate surface area is 177 Å². The van der Waals surface area contributed by atoms with E-state index in [0.717, 1.165) is 24.9 Å². The van der Waals surface area contributed by atoms with Crippen molar-refractivity contribution in [2.75, 3.05) is 11.9 Å². The largest absolute Gasteiger partial charge is 0.478 e. The number of alkyl carbamates (subject to hydrolysis) is 1. The van der Waals surface area contributed by atoms with E-state index in [1.165, 1.54) is 11.1 Å². The number of benzene rings is 1. The smallest absolute Gasteiger partial charge is 0.407 e. The second kappa shape index (κ2) is 9.15. The number of nitrogens with one attached hydrogen (secondary N) is 2. The topological polar surface area (TPSA) is 89.6 Å². The summed E-state index contributed by atoms with van der Waals surface area (Å²) in [5.41, 5.74) is 3.07. The molecule has 0 saturated heterocycles. The third kappa shape index (κ3) is 5.95. The Kier molecular flexibility index (Phi) is 6.59. The van der Waals surface area contributed by atoms with Gasteiger partial charge in [-0.15, -0.1) is 0 Å². The van der Waals surface area contributed by atoms with Gasteiger partial charge in [0.1, 0.15) is 5.60 Å². The first-order valence-corrected chi connectivity index (χ1v) is 10.2. The summed E-state index contributed by atoms with van der Waals surface area (Å²) >= 11 is 0. The van der Waals surface area contributed by atoms with Gasteiger partial charge < -0.3 is 20.1 Å². The zero-order chi connectivity index (χ0) is 21.7. The summed E-state index contributed by atoms with van der Waals surface area (Å²) in [6.45, 7) is 7.91. The fraction of sp³-hybridized carbons (Fsp3) is 0.435. The SMILES string of the molecule is CCOc1cc(C(=O)Nc2ccc3c(c2)CC[C@H](NC(=O)OC(C)(C)C)C3)ccn1. The highest BCUT2D eigenvalue weighted by Gasteiger charge is 2.23. The number of hydrogen-bond donors (Lipinski definition) is 2. The van der Waals surface area contributed by atoms with E-state index in [9.17, 15) is 9.59 Å². The molecule has 0 spiro atoms. The first-order chi connectivity index (χ1) is 14.2. The number of rotatable bonds is 5. The van der Waals surface area contributed by atoms with E-state index in [4.69, 9.17) is 9.47 Å². The molecule has 30 heavy (non-hydrogen) atoms. The van der Waals surface area contributed by atoms with Crippen LogP contribution in [-0.4, -0.2) is 35.2 Å². The van der Waals surface area contributed by atoms with Crippen LogP contribution in [0.5, 0.6) is 5.88 Å². The molecule has 0 aliphatic heterocycles. The molecule has 3 rings (SSSR count). The van der Waals surface area contributed by atoms with Gasteiger partial charge in [-0.3, -0.25) is 4.79 Å². The monoisotopic (exact) mass is 411 g/mol. The fourth-order valence-corrected chi connectivity index (χ4v) is 3.41. The minimum absolute atomic E-state index is 0.0431. The number of nitrogens with zero attached hydrogens (tertiary/aromatic N) is 1. The zero-order valence-corrected chi connectivity index (χ0v) is 18.0. The highest BCUT2D eigenvalue weighted by Crippen LogP contribution is 2.25. The normalized spacial score (nSPS) is 15.7. The molecule has 0 radical (unpaired) electrons. The summed E-state index contributed by atoms with van der Waals surface area (Å²) < 4.78 is 10.7. The van der Waals surface area contributed by atoms with Crippen molar-refractivity contribution in [1.82, 2.24) is 10.3 Å². The second-order valence-electron chi connectivity index (χ2n) is 8.34. The van der Waals surface area contributed by atoms with E-state index in [1.807, 2.05) is 45.9 Å². The maximum atomic E-state index is 12.6. The van der Waals surface area contributed by atoms with Gasteiger partial charge in [-0.05, 0) is 76.3 Å². The van der Waals surface area contributed by atoms with Gasteiger partial charge in [0.15, 0.2) is 0 Å². The standard InChI is InChI=1S/C23H29N3O4/c1-5-29-20-14-17(10-11-24-20)21(27)25-18-8-6-16-13-19(9-7-15(16)12-18)26-22(28)30-23(2,3)4/h6,8,10-12,14,19H,5,7,9,13H2,1-4H3,(H,25,27)(H,26,28)/t19-/m0/s1. The summed E-state index contributed by atoms with van der Waals surface area (Å²) in [6.07, 6.45) is 3.56. The van der Waals surface area contributed by atoms with Gasteiger partial charge in [-0.25, -0.2) is 9.78 Å². The minimum Gasteiger partial charge on any atom is -0.478 e. The molecule has 1 aliphatic rings. The highest BCUT2D eigenvalue weighted by atomic mass is 16.6.